The summed E-state index contributed by atoms with van der Waals surface area (Å²) in [7, 11) is 0. The smallest absolute Gasteiger partial charge is 0.406 e. The Balaban J connectivity index is 1.72. The van der Waals surface area contributed by atoms with Crippen molar-refractivity contribution in [2.24, 2.45) is 4.99 Å². The molecule has 22 heavy (non-hydrogen) atoms. The molecule has 1 aliphatic carbocycles. The maximum atomic E-state index is 12.1. The average Bonchev–Trinajstić information content (AvgIpc) is 2.97. The first-order valence-corrected chi connectivity index (χ1v) is 7.31. The number of hydrogen-bond acceptors (Lipinski definition) is 2. The van der Waals surface area contributed by atoms with E-state index in [9.17, 15) is 13.2 Å². The van der Waals surface area contributed by atoms with Gasteiger partial charge in [0.1, 0.15) is 5.75 Å². The lowest BCUT2D eigenvalue weighted by Crippen LogP contribution is -2.17. The van der Waals surface area contributed by atoms with E-state index in [1.165, 1.54) is 17.7 Å². The highest BCUT2D eigenvalue weighted by Gasteiger charge is 2.31. The molecule has 116 valence electrons. The van der Waals surface area contributed by atoms with E-state index in [2.05, 4.69) is 23.0 Å². The second-order valence-electron chi connectivity index (χ2n) is 5.39. The number of benzene rings is 1. The molecular formula is C17H16F3NO. The van der Waals surface area contributed by atoms with Crippen molar-refractivity contribution in [3.63, 3.8) is 0 Å². The molecule has 3 rings (SSSR count). The largest absolute Gasteiger partial charge is 0.573 e. The summed E-state index contributed by atoms with van der Waals surface area (Å²) in [6.07, 6.45) is 5.77. The summed E-state index contributed by atoms with van der Waals surface area (Å²) in [4.78, 5) is 4.72. The van der Waals surface area contributed by atoms with Gasteiger partial charge in [-0.25, -0.2) is 0 Å². The Morgan fingerprint density at radius 2 is 1.86 bits per heavy atom. The summed E-state index contributed by atoms with van der Waals surface area (Å²) in [6, 6.07) is 6.11. The Hall–Kier alpha value is -2.04. The first-order valence-electron chi connectivity index (χ1n) is 7.31. The highest BCUT2D eigenvalue weighted by molar-refractivity contribution is 6.02. The van der Waals surface area contributed by atoms with Crippen LogP contribution < -0.4 is 4.74 Å². The second kappa shape index (κ2) is 5.99. The lowest BCUT2D eigenvalue weighted by atomic mass is 9.98. The number of ether oxygens (including phenoxy) is 1. The zero-order valence-electron chi connectivity index (χ0n) is 11.9. The zero-order chi connectivity index (χ0) is 15.6. The van der Waals surface area contributed by atoms with E-state index in [0.717, 1.165) is 37.0 Å². The van der Waals surface area contributed by atoms with Crippen LogP contribution in [0.5, 0.6) is 5.75 Å². The third kappa shape index (κ3) is 3.59. The maximum Gasteiger partial charge on any atom is 0.573 e. The average molecular weight is 307 g/mol. The zero-order valence-corrected chi connectivity index (χ0v) is 11.9. The second-order valence-corrected chi connectivity index (χ2v) is 5.39. The first kappa shape index (κ1) is 14.9. The van der Waals surface area contributed by atoms with Crippen molar-refractivity contribution < 1.29 is 17.9 Å². The Morgan fingerprint density at radius 3 is 2.50 bits per heavy atom. The van der Waals surface area contributed by atoms with Crippen molar-refractivity contribution in [2.45, 2.75) is 38.1 Å². The Bertz CT molecular complexity index is 626. The first-order chi connectivity index (χ1) is 10.5. The maximum absolute atomic E-state index is 12.1. The van der Waals surface area contributed by atoms with Crippen LogP contribution in [0.4, 0.5) is 13.2 Å². The number of aliphatic imine (C=N–C) groups is 1. The lowest BCUT2D eigenvalue weighted by Gasteiger charge is -2.11. The van der Waals surface area contributed by atoms with Gasteiger partial charge < -0.3 is 4.74 Å². The van der Waals surface area contributed by atoms with Crippen LogP contribution in [0, 0.1) is 0 Å². The van der Waals surface area contributed by atoms with Gasteiger partial charge in [-0.1, -0.05) is 18.2 Å². The molecule has 0 spiro atoms. The molecule has 1 unspecified atom stereocenters. The topological polar surface area (TPSA) is 21.6 Å². The van der Waals surface area contributed by atoms with Crippen molar-refractivity contribution in [1.82, 2.24) is 0 Å². The molecule has 0 N–H and O–H groups in total. The minimum atomic E-state index is -4.66. The summed E-state index contributed by atoms with van der Waals surface area (Å²) >= 11 is 0. The van der Waals surface area contributed by atoms with E-state index in [-0.39, 0.29) is 11.8 Å². The molecule has 1 aromatic carbocycles. The van der Waals surface area contributed by atoms with Crippen LogP contribution in [0.25, 0.3) is 0 Å². The standard InChI is InChI=1S/C17H16F3NO/c18-17(19,20)22-14-8-6-13(7-9-14)16-11-10-15(21-16)12-4-2-1-3-5-12/h2,4-9,15H,1,3,10-11H2. The van der Waals surface area contributed by atoms with Gasteiger partial charge in [-0.3, -0.25) is 4.99 Å². The molecule has 0 saturated carbocycles. The van der Waals surface area contributed by atoms with Gasteiger partial charge in [0.25, 0.3) is 0 Å². The molecule has 0 radical (unpaired) electrons. The fraction of sp³-hybridized carbons (Fsp3) is 0.353. The van der Waals surface area contributed by atoms with Crippen LogP contribution in [-0.4, -0.2) is 18.1 Å². The molecule has 1 heterocycles. The van der Waals surface area contributed by atoms with Gasteiger partial charge in [0, 0.05) is 5.71 Å². The third-order valence-electron chi connectivity index (χ3n) is 3.80. The molecule has 0 saturated heterocycles. The minimum absolute atomic E-state index is 0.178. The van der Waals surface area contributed by atoms with Crippen LogP contribution >= 0.6 is 0 Å². The Kier molecular flexibility index (Phi) is 4.05. The number of nitrogens with zero attached hydrogens (tertiary/aromatic N) is 1. The van der Waals surface area contributed by atoms with Gasteiger partial charge in [-0.2, -0.15) is 0 Å². The molecule has 1 aliphatic heterocycles. The van der Waals surface area contributed by atoms with E-state index in [4.69, 9.17) is 4.99 Å². The van der Waals surface area contributed by atoms with Crippen molar-refractivity contribution in [1.29, 1.82) is 0 Å². The molecule has 0 fully saturated rings. The van der Waals surface area contributed by atoms with Crippen molar-refractivity contribution in [2.75, 3.05) is 0 Å². The molecule has 2 nitrogen and oxygen atoms in total. The number of allylic oxidation sites excluding steroid dienone is 2. The molecule has 0 aromatic heterocycles. The van der Waals surface area contributed by atoms with E-state index in [1.807, 2.05) is 0 Å². The van der Waals surface area contributed by atoms with Gasteiger partial charge in [0.15, 0.2) is 0 Å². The molecular weight excluding hydrogens is 291 g/mol. The van der Waals surface area contributed by atoms with E-state index >= 15 is 0 Å². The van der Waals surface area contributed by atoms with Crippen LogP contribution in [0.15, 0.2) is 53.1 Å². The summed E-state index contributed by atoms with van der Waals surface area (Å²) in [5.41, 5.74) is 3.05. The number of hydrogen-bond donors (Lipinski definition) is 0. The van der Waals surface area contributed by atoms with Crippen LogP contribution in [-0.2, 0) is 0 Å². The van der Waals surface area contributed by atoms with Gasteiger partial charge in [0.05, 0.1) is 6.04 Å². The van der Waals surface area contributed by atoms with Gasteiger partial charge in [-0.05, 0) is 61.1 Å². The molecule has 1 atom stereocenters. The predicted molar refractivity (Wildman–Crippen MR) is 79.1 cm³/mol. The van der Waals surface area contributed by atoms with Crippen LogP contribution in [0.2, 0.25) is 0 Å². The Labute approximate surface area is 127 Å². The van der Waals surface area contributed by atoms with E-state index in [1.54, 1.807) is 12.1 Å². The minimum Gasteiger partial charge on any atom is -0.406 e. The summed E-state index contributed by atoms with van der Waals surface area (Å²) < 4.78 is 40.3. The monoisotopic (exact) mass is 307 g/mol. The molecule has 0 amide bonds. The van der Waals surface area contributed by atoms with Gasteiger partial charge >= 0.3 is 6.36 Å². The molecule has 2 aliphatic rings. The summed E-state index contributed by atoms with van der Waals surface area (Å²) in [6.45, 7) is 0. The van der Waals surface area contributed by atoms with Crippen LogP contribution in [0.3, 0.4) is 0 Å². The third-order valence-corrected chi connectivity index (χ3v) is 3.80. The number of rotatable bonds is 3. The Morgan fingerprint density at radius 1 is 1.09 bits per heavy atom. The highest BCUT2D eigenvalue weighted by Crippen LogP contribution is 2.28. The van der Waals surface area contributed by atoms with Gasteiger partial charge in [0.2, 0.25) is 0 Å². The fourth-order valence-corrected chi connectivity index (χ4v) is 2.78. The summed E-state index contributed by atoms with van der Waals surface area (Å²) in [5.74, 6) is -0.204. The number of halogens is 3. The lowest BCUT2D eigenvalue weighted by molar-refractivity contribution is -0.274. The SMILES string of the molecule is FC(F)(F)Oc1ccc(C2=NC(C3=CCCC=C3)CC2)cc1. The van der Waals surface area contributed by atoms with Crippen molar-refractivity contribution >= 4 is 5.71 Å². The predicted octanol–water partition coefficient (Wildman–Crippen LogP) is 4.81. The van der Waals surface area contributed by atoms with Crippen molar-refractivity contribution in [3.8, 4) is 5.75 Å². The highest BCUT2D eigenvalue weighted by atomic mass is 19.4. The molecule has 5 heteroatoms. The van der Waals surface area contributed by atoms with Crippen molar-refractivity contribution in [3.05, 3.63) is 53.6 Å². The van der Waals surface area contributed by atoms with E-state index < -0.39 is 6.36 Å². The number of alkyl halides is 3. The normalized spacial score (nSPS) is 21.5. The molecule has 1 aromatic rings. The van der Waals surface area contributed by atoms with Crippen LogP contribution in [0.1, 0.15) is 31.2 Å². The van der Waals surface area contributed by atoms with Gasteiger partial charge in [-0.15, -0.1) is 13.2 Å². The fourth-order valence-electron chi connectivity index (χ4n) is 2.78. The summed E-state index contributed by atoms with van der Waals surface area (Å²) in [5, 5.41) is 0. The molecule has 0 bridgehead atoms. The quantitative estimate of drug-likeness (QED) is 0.785. The van der Waals surface area contributed by atoms with E-state index in [0.29, 0.717) is 0 Å².